The molecule has 262 valence electrons. The van der Waals surface area contributed by atoms with Crippen molar-refractivity contribution in [3.8, 4) is 11.8 Å². The summed E-state index contributed by atoms with van der Waals surface area (Å²) < 4.78 is 30.1. The number of carbonyl (C=O) groups is 1. The predicted octanol–water partition coefficient (Wildman–Crippen LogP) is 5.33. The summed E-state index contributed by atoms with van der Waals surface area (Å²) in [7, 11) is 3.46. The van der Waals surface area contributed by atoms with Crippen LogP contribution in [0.3, 0.4) is 0 Å². The number of hydrogen-bond acceptors (Lipinski definition) is 9. The molecule has 2 saturated heterocycles. The van der Waals surface area contributed by atoms with Crippen LogP contribution >= 0.6 is 0 Å². The minimum Gasteiger partial charge on any atom is -0.508 e. The van der Waals surface area contributed by atoms with E-state index >= 15 is 4.39 Å². The summed E-state index contributed by atoms with van der Waals surface area (Å²) in [6.45, 7) is 10.8. The smallest absolute Gasteiger partial charge is 0.318 e. The number of aryl methyl sites for hydroxylation is 2. The quantitative estimate of drug-likeness (QED) is 0.259. The Morgan fingerprint density at radius 1 is 1.16 bits per heavy atom. The molecule has 0 bridgehead atoms. The number of nitrogens with zero attached hydrogens (tertiary/aromatic N) is 7. The molecule has 4 aliphatic rings. The highest BCUT2D eigenvalue weighted by Crippen LogP contribution is 2.43. The lowest BCUT2D eigenvalue weighted by atomic mass is 9.91. The molecule has 2 aromatic heterocycles. The van der Waals surface area contributed by atoms with E-state index in [0.29, 0.717) is 49.8 Å². The van der Waals surface area contributed by atoms with Crippen LogP contribution in [0, 0.1) is 5.82 Å². The number of aromatic hydroxyl groups is 1. The number of ether oxygens (including phenoxy) is 2. The van der Waals surface area contributed by atoms with Crippen molar-refractivity contribution in [3.05, 3.63) is 82.1 Å². The molecule has 2 atom stereocenters. The second-order valence-corrected chi connectivity index (χ2v) is 14.5. The summed E-state index contributed by atoms with van der Waals surface area (Å²) in [5.41, 5.74) is 5.53. The third-order valence-corrected chi connectivity index (χ3v) is 10.9. The number of hydrogen-bond donors (Lipinski definition) is 1. The van der Waals surface area contributed by atoms with Gasteiger partial charge in [-0.1, -0.05) is 25.1 Å². The number of amides is 1. The van der Waals surface area contributed by atoms with Crippen LogP contribution in [0.1, 0.15) is 77.3 Å². The number of phenols is 1. The Morgan fingerprint density at radius 3 is 2.84 bits per heavy atom. The number of aromatic nitrogens is 4. The van der Waals surface area contributed by atoms with E-state index in [1.165, 1.54) is 16.5 Å². The Kier molecular flexibility index (Phi) is 8.26. The molecule has 1 N–H and O–H groups in total. The Balaban J connectivity index is 1.17. The second kappa shape index (κ2) is 12.6. The Bertz CT molecular complexity index is 2010. The van der Waals surface area contributed by atoms with Crippen LogP contribution in [0.15, 0.2) is 42.5 Å². The lowest BCUT2D eigenvalue weighted by Crippen LogP contribution is -2.43. The minimum absolute atomic E-state index is 0.0895. The van der Waals surface area contributed by atoms with Gasteiger partial charge in [-0.05, 0) is 84.8 Å². The van der Waals surface area contributed by atoms with Crippen molar-refractivity contribution >= 4 is 22.5 Å². The van der Waals surface area contributed by atoms with Gasteiger partial charge < -0.3 is 24.4 Å². The molecular weight excluding hydrogens is 637 g/mol. The van der Waals surface area contributed by atoms with E-state index in [1.54, 1.807) is 32.3 Å². The number of benzene rings is 2. The largest absolute Gasteiger partial charge is 0.508 e. The summed E-state index contributed by atoms with van der Waals surface area (Å²) in [6.07, 6.45) is 4.34. The van der Waals surface area contributed by atoms with E-state index in [9.17, 15) is 9.90 Å². The van der Waals surface area contributed by atoms with Crippen molar-refractivity contribution < 1.29 is 23.8 Å². The number of phenolic OH excluding ortho intramolecular Hbond substituents is 1. The first kappa shape index (κ1) is 32.6. The fraction of sp³-hybridized carbons (Fsp3) is 0.474. The van der Waals surface area contributed by atoms with E-state index in [-0.39, 0.29) is 29.6 Å². The van der Waals surface area contributed by atoms with Gasteiger partial charge in [0, 0.05) is 45.7 Å². The van der Waals surface area contributed by atoms with Crippen LogP contribution in [0.5, 0.6) is 11.8 Å². The monoisotopic (exact) mass is 681 g/mol. The Hall–Kier alpha value is -4.55. The zero-order valence-corrected chi connectivity index (χ0v) is 29.0. The molecule has 4 aromatic rings. The lowest BCUT2D eigenvalue weighted by molar-refractivity contribution is 0.0262. The van der Waals surface area contributed by atoms with Crippen molar-refractivity contribution in [1.29, 1.82) is 0 Å². The molecule has 2 fully saturated rings. The average molecular weight is 682 g/mol. The van der Waals surface area contributed by atoms with Gasteiger partial charge in [-0.15, -0.1) is 0 Å². The first-order chi connectivity index (χ1) is 24.1. The molecule has 11 nitrogen and oxygen atoms in total. The average Bonchev–Trinajstić information content (AvgIpc) is 3.73. The Morgan fingerprint density at radius 2 is 2.02 bits per heavy atom. The van der Waals surface area contributed by atoms with Gasteiger partial charge in [0.25, 0.3) is 5.91 Å². The number of fused-ring (bicyclic) bond motifs is 4. The third-order valence-electron chi connectivity index (χ3n) is 10.9. The van der Waals surface area contributed by atoms with Crippen molar-refractivity contribution in [2.45, 2.75) is 76.8 Å². The van der Waals surface area contributed by atoms with Crippen LogP contribution in [-0.2, 0) is 37.3 Å². The van der Waals surface area contributed by atoms with Gasteiger partial charge in [0.2, 0.25) is 0 Å². The van der Waals surface area contributed by atoms with Crippen LogP contribution in [0.4, 0.5) is 10.2 Å². The maximum Gasteiger partial charge on any atom is 0.318 e. The van der Waals surface area contributed by atoms with Crippen molar-refractivity contribution in [2.75, 3.05) is 45.2 Å². The molecule has 2 aromatic carbocycles. The minimum atomic E-state index is -0.466. The molecule has 0 aliphatic carbocycles. The van der Waals surface area contributed by atoms with Crippen molar-refractivity contribution in [3.63, 3.8) is 0 Å². The molecule has 0 spiro atoms. The fourth-order valence-electron chi connectivity index (χ4n) is 8.51. The summed E-state index contributed by atoms with van der Waals surface area (Å²) in [5, 5.41) is 16.9. The molecule has 4 aliphatic heterocycles. The van der Waals surface area contributed by atoms with Crippen LogP contribution in [0.25, 0.3) is 10.8 Å². The van der Waals surface area contributed by atoms with Crippen molar-refractivity contribution in [1.82, 2.24) is 29.5 Å². The molecular formula is C38H44FN7O4. The van der Waals surface area contributed by atoms with Gasteiger partial charge in [-0.3, -0.25) is 14.4 Å². The third kappa shape index (κ3) is 5.68. The van der Waals surface area contributed by atoms with E-state index < -0.39 is 6.10 Å². The summed E-state index contributed by atoms with van der Waals surface area (Å²) in [4.78, 5) is 29.1. The first-order valence-corrected chi connectivity index (χ1v) is 17.7. The molecule has 12 heteroatoms. The highest BCUT2D eigenvalue weighted by Gasteiger charge is 2.46. The van der Waals surface area contributed by atoms with Gasteiger partial charge >= 0.3 is 6.01 Å². The highest BCUT2D eigenvalue weighted by atomic mass is 19.1. The van der Waals surface area contributed by atoms with Gasteiger partial charge in [0.1, 0.15) is 24.0 Å². The molecule has 1 amide bonds. The van der Waals surface area contributed by atoms with E-state index in [1.807, 2.05) is 17.7 Å². The van der Waals surface area contributed by atoms with E-state index in [4.69, 9.17) is 19.4 Å². The number of halogens is 1. The van der Waals surface area contributed by atoms with Gasteiger partial charge in [-0.2, -0.15) is 15.1 Å². The van der Waals surface area contributed by atoms with E-state index in [2.05, 4.69) is 21.5 Å². The van der Waals surface area contributed by atoms with Crippen LogP contribution in [-0.4, -0.2) is 86.4 Å². The van der Waals surface area contributed by atoms with Crippen LogP contribution < -0.4 is 9.64 Å². The lowest BCUT2D eigenvalue weighted by Gasteiger charge is -2.33. The fourth-order valence-corrected chi connectivity index (χ4v) is 8.51. The SMILES string of the molecule is C=C1CN2CCC[C@@]2(COc2nc3c(c(N4CCCn5nc(C(=O)N(C)C)cc5C4)n2)COC(c2cc(O)cc4ccc(F)c(CC)c24)C3)C1. The number of anilines is 1. The normalized spacial score (nSPS) is 22.0. The molecule has 0 saturated carbocycles. The maximum atomic E-state index is 15.1. The molecule has 50 heavy (non-hydrogen) atoms. The molecule has 1 unspecified atom stereocenters. The van der Waals surface area contributed by atoms with Crippen LogP contribution in [0.2, 0.25) is 0 Å². The van der Waals surface area contributed by atoms with Gasteiger partial charge in [0.15, 0.2) is 5.69 Å². The molecule has 0 radical (unpaired) electrons. The number of rotatable bonds is 7. The van der Waals surface area contributed by atoms with Crippen molar-refractivity contribution in [2.24, 2.45) is 0 Å². The molecule has 8 rings (SSSR count). The highest BCUT2D eigenvalue weighted by molar-refractivity contribution is 5.92. The molecule has 6 heterocycles. The van der Waals surface area contributed by atoms with Gasteiger partial charge in [-0.25, -0.2) is 4.39 Å². The van der Waals surface area contributed by atoms with Gasteiger partial charge in [0.05, 0.1) is 36.2 Å². The Labute approximate surface area is 291 Å². The number of carbonyl (C=O) groups excluding carboxylic acids is 1. The summed E-state index contributed by atoms with van der Waals surface area (Å²) >= 11 is 0. The zero-order valence-electron chi connectivity index (χ0n) is 29.0. The summed E-state index contributed by atoms with van der Waals surface area (Å²) in [6, 6.07) is 8.73. The predicted molar refractivity (Wildman–Crippen MR) is 187 cm³/mol. The summed E-state index contributed by atoms with van der Waals surface area (Å²) in [5.74, 6) is 0.451. The standard InChI is InChI=1S/C38H44FN7O4/c1-5-27-30(39)9-8-24-14-26(47)16-28(34(24)27)33-17-31-29(21-49-33)35(41-37(40-31)50-22-38-10-6-12-45(38)19-23(2)18-38)44-11-7-13-46-25(20-44)15-32(42-46)36(48)43(3)4/h8-9,14-16,33,47H,2,5-7,10-13,17-22H2,1,3-4H3/t33?,38-/m0/s1. The topological polar surface area (TPSA) is 109 Å². The first-order valence-electron chi connectivity index (χ1n) is 17.7. The van der Waals surface area contributed by atoms with E-state index in [0.717, 1.165) is 84.4 Å². The zero-order chi connectivity index (χ0) is 34.7. The second-order valence-electron chi connectivity index (χ2n) is 14.5. The maximum absolute atomic E-state index is 15.1.